The number of carbonyl (C=O) groups is 1. The molecular weight excluding hydrogens is 572 g/mol. The third-order valence-corrected chi connectivity index (χ3v) is 14.5. The number of aliphatic hydroxyl groups is 2. The molecule has 46 heavy (non-hydrogen) atoms. The van der Waals surface area contributed by atoms with Crippen molar-refractivity contribution in [1.29, 1.82) is 0 Å². The molecule has 0 aromatic heterocycles. The molecule has 4 aliphatic carbocycles. The number of rotatable bonds is 18. The number of hydrogen-bond donors (Lipinski definition) is 6. The van der Waals surface area contributed by atoms with Crippen LogP contribution in [-0.4, -0.2) is 67.6 Å². The maximum absolute atomic E-state index is 14.0. The summed E-state index contributed by atoms with van der Waals surface area (Å²) in [6, 6.07) is 0. The van der Waals surface area contributed by atoms with Gasteiger partial charge in [-0.25, -0.2) is 0 Å². The van der Waals surface area contributed by atoms with Gasteiger partial charge in [0.25, 0.3) is 0 Å². The first-order chi connectivity index (χ1) is 21.9. The van der Waals surface area contributed by atoms with Crippen LogP contribution in [0.25, 0.3) is 0 Å². The molecule has 7 nitrogen and oxygen atoms in total. The molecule has 11 atom stereocenters. The van der Waals surface area contributed by atoms with Gasteiger partial charge < -0.3 is 31.9 Å². The first-order valence-corrected chi connectivity index (χ1v) is 19.7. The summed E-state index contributed by atoms with van der Waals surface area (Å²) in [4.78, 5) is 14.0. The molecule has 4 rings (SSSR count). The SMILES string of the molecule is CC(C)CCC[C@H](C(=O)NCCCNCCCCNCCCN)[C@@H]1CC[C@@]2(C)[C@H]1C[C@@H](O)[C@H]1[C@@]3(C)CC[C@@H](O)[C@@H](C)[C@@H]3CC[C@@]12C. The lowest BCUT2D eigenvalue weighted by Gasteiger charge is -2.69. The van der Waals surface area contributed by atoms with Gasteiger partial charge >= 0.3 is 0 Å². The Morgan fingerprint density at radius 1 is 0.783 bits per heavy atom. The van der Waals surface area contributed by atoms with E-state index in [1.807, 2.05) is 0 Å². The highest BCUT2D eigenvalue weighted by Crippen LogP contribution is 2.74. The molecule has 0 aromatic carbocycles. The van der Waals surface area contributed by atoms with Crippen LogP contribution in [0.15, 0.2) is 0 Å². The van der Waals surface area contributed by atoms with E-state index < -0.39 is 0 Å². The summed E-state index contributed by atoms with van der Waals surface area (Å²) in [7, 11) is 0. The molecule has 0 unspecified atom stereocenters. The second-order valence-electron chi connectivity index (χ2n) is 17.5. The summed E-state index contributed by atoms with van der Waals surface area (Å²) in [6.45, 7) is 19.8. The number of amides is 1. The van der Waals surface area contributed by atoms with E-state index in [1.165, 1.54) is 12.8 Å². The van der Waals surface area contributed by atoms with Gasteiger partial charge in [0.15, 0.2) is 0 Å². The number of nitrogens with one attached hydrogen (secondary N) is 3. The molecule has 0 radical (unpaired) electrons. The van der Waals surface area contributed by atoms with Gasteiger partial charge in [0.2, 0.25) is 5.91 Å². The fraction of sp³-hybridized carbons (Fsp3) is 0.974. The summed E-state index contributed by atoms with van der Waals surface area (Å²) < 4.78 is 0. The summed E-state index contributed by atoms with van der Waals surface area (Å²) >= 11 is 0. The standard InChI is InChI=1S/C39H74N4O3/c1-27(2)12-9-13-30(36(46)43-25-11-24-42-22-8-7-21-41-23-10-20-40)29-14-18-38(5)32(29)26-34(45)35-37(4)17-16-33(44)28(3)31(37)15-19-39(35,38)6/h27-35,41-42,44-45H,7-26,40H2,1-6H3,(H,43,46)/t28-,29-,30-,31-,32-,33+,34+,35-,37-,38-,39-/m0/s1. The maximum atomic E-state index is 14.0. The Morgan fingerprint density at radius 3 is 2.11 bits per heavy atom. The van der Waals surface area contributed by atoms with Gasteiger partial charge in [-0.3, -0.25) is 4.79 Å². The minimum Gasteiger partial charge on any atom is -0.393 e. The van der Waals surface area contributed by atoms with Crippen LogP contribution in [0.2, 0.25) is 0 Å². The van der Waals surface area contributed by atoms with Crippen molar-refractivity contribution < 1.29 is 15.0 Å². The zero-order chi connectivity index (χ0) is 33.5. The van der Waals surface area contributed by atoms with Crippen LogP contribution >= 0.6 is 0 Å². The number of hydrogen-bond acceptors (Lipinski definition) is 6. The first kappa shape index (κ1) is 38.1. The minimum absolute atomic E-state index is 0.0365. The van der Waals surface area contributed by atoms with Gasteiger partial charge in [0.05, 0.1) is 12.2 Å². The molecule has 1 amide bonds. The normalized spacial score (nSPS) is 39.5. The molecule has 4 aliphatic rings. The second kappa shape index (κ2) is 16.8. The smallest absolute Gasteiger partial charge is 0.223 e. The molecule has 0 aromatic rings. The number of unbranched alkanes of at least 4 members (excludes halogenated alkanes) is 1. The predicted octanol–water partition coefficient (Wildman–Crippen LogP) is 5.87. The third-order valence-electron chi connectivity index (χ3n) is 14.5. The second-order valence-corrected chi connectivity index (χ2v) is 17.5. The van der Waals surface area contributed by atoms with Crippen molar-refractivity contribution in [2.24, 2.45) is 63.4 Å². The van der Waals surface area contributed by atoms with Crippen molar-refractivity contribution >= 4 is 5.91 Å². The van der Waals surface area contributed by atoms with Crippen LogP contribution in [-0.2, 0) is 4.79 Å². The van der Waals surface area contributed by atoms with Crippen molar-refractivity contribution in [3.8, 4) is 0 Å². The van der Waals surface area contributed by atoms with Crippen LogP contribution in [0.3, 0.4) is 0 Å². The van der Waals surface area contributed by atoms with Gasteiger partial charge in [0, 0.05) is 12.5 Å². The van der Waals surface area contributed by atoms with Crippen LogP contribution in [0.4, 0.5) is 0 Å². The highest BCUT2D eigenvalue weighted by molar-refractivity contribution is 5.79. The molecule has 7 N–H and O–H groups in total. The zero-order valence-corrected chi connectivity index (χ0v) is 30.7. The lowest BCUT2D eigenvalue weighted by molar-refractivity contribution is -0.239. The topological polar surface area (TPSA) is 120 Å². The first-order valence-electron chi connectivity index (χ1n) is 19.7. The monoisotopic (exact) mass is 647 g/mol. The van der Waals surface area contributed by atoms with Crippen molar-refractivity contribution in [2.75, 3.05) is 39.3 Å². The molecule has 4 fully saturated rings. The lowest BCUT2D eigenvalue weighted by atomic mass is 9.36. The van der Waals surface area contributed by atoms with E-state index in [0.717, 1.165) is 116 Å². The molecule has 0 bridgehead atoms. The van der Waals surface area contributed by atoms with Crippen LogP contribution in [0, 0.1) is 57.7 Å². The minimum atomic E-state index is -0.328. The predicted molar refractivity (Wildman–Crippen MR) is 190 cm³/mol. The highest BCUT2D eigenvalue weighted by Gasteiger charge is 2.70. The Bertz CT molecular complexity index is 948. The number of nitrogens with two attached hydrogens (primary N) is 1. The van der Waals surface area contributed by atoms with Gasteiger partial charge in [-0.1, -0.05) is 54.4 Å². The van der Waals surface area contributed by atoms with Gasteiger partial charge in [-0.2, -0.15) is 0 Å². The Labute approximate surface area is 282 Å². The van der Waals surface area contributed by atoms with E-state index in [0.29, 0.717) is 29.6 Å². The average molecular weight is 647 g/mol. The molecule has 4 saturated carbocycles. The molecule has 0 saturated heterocycles. The van der Waals surface area contributed by atoms with Crippen molar-refractivity contribution in [1.82, 2.24) is 16.0 Å². The van der Waals surface area contributed by atoms with E-state index in [1.54, 1.807) is 0 Å². The molecule has 268 valence electrons. The Morgan fingerprint density at radius 2 is 1.43 bits per heavy atom. The van der Waals surface area contributed by atoms with Gasteiger partial charge in [0.1, 0.15) is 0 Å². The van der Waals surface area contributed by atoms with Crippen LogP contribution < -0.4 is 21.7 Å². The average Bonchev–Trinajstić information content (AvgIpc) is 3.34. The lowest BCUT2D eigenvalue weighted by Crippen LogP contribution is -2.66. The fourth-order valence-corrected chi connectivity index (χ4v) is 11.8. The zero-order valence-electron chi connectivity index (χ0n) is 30.7. The Kier molecular flexibility index (Phi) is 13.9. The molecular formula is C39H74N4O3. The summed E-state index contributed by atoms with van der Waals surface area (Å²) in [5.41, 5.74) is 5.81. The fourth-order valence-electron chi connectivity index (χ4n) is 11.8. The largest absolute Gasteiger partial charge is 0.393 e. The quantitative estimate of drug-likeness (QED) is 0.104. The van der Waals surface area contributed by atoms with Crippen LogP contribution in [0.5, 0.6) is 0 Å². The number of fused-ring (bicyclic) bond motifs is 5. The molecule has 7 heteroatoms. The Balaban J connectivity index is 1.36. The van der Waals surface area contributed by atoms with E-state index >= 15 is 0 Å². The number of carbonyl (C=O) groups excluding carboxylic acids is 1. The summed E-state index contributed by atoms with van der Waals surface area (Å²) in [5.74, 6) is 2.72. The third kappa shape index (κ3) is 8.01. The van der Waals surface area contributed by atoms with E-state index in [-0.39, 0.29) is 46.2 Å². The van der Waals surface area contributed by atoms with Gasteiger partial charge in [-0.05, 0) is 162 Å². The molecule has 0 heterocycles. The van der Waals surface area contributed by atoms with Crippen molar-refractivity contribution in [3.05, 3.63) is 0 Å². The molecule has 0 spiro atoms. The highest BCUT2D eigenvalue weighted by atomic mass is 16.3. The van der Waals surface area contributed by atoms with Crippen LogP contribution in [0.1, 0.15) is 131 Å². The van der Waals surface area contributed by atoms with E-state index in [9.17, 15) is 15.0 Å². The van der Waals surface area contributed by atoms with Gasteiger partial charge in [-0.15, -0.1) is 0 Å². The van der Waals surface area contributed by atoms with Crippen molar-refractivity contribution in [2.45, 2.75) is 144 Å². The van der Waals surface area contributed by atoms with E-state index in [2.05, 4.69) is 57.5 Å². The van der Waals surface area contributed by atoms with Crippen molar-refractivity contribution in [3.63, 3.8) is 0 Å². The maximum Gasteiger partial charge on any atom is 0.223 e. The molecule has 0 aliphatic heterocycles. The summed E-state index contributed by atoms with van der Waals surface area (Å²) in [6.07, 6.45) is 14.3. The summed E-state index contributed by atoms with van der Waals surface area (Å²) in [5, 5.41) is 33.3. The number of aliphatic hydroxyl groups excluding tert-OH is 2. The van der Waals surface area contributed by atoms with E-state index in [4.69, 9.17) is 5.73 Å². The Hall–Kier alpha value is -0.730.